The van der Waals surface area contributed by atoms with Crippen LogP contribution in [-0.2, 0) is 4.79 Å². The zero-order chi connectivity index (χ0) is 11.9. The van der Waals surface area contributed by atoms with Crippen LogP contribution in [0.4, 0.5) is 5.69 Å². The van der Waals surface area contributed by atoms with E-state index in [9.17, 15) is 9.70 Å². The van der Waals surface area contributed by atoms with E-state index in [4.69, 9.17) is 11.6 Å². The minimum absolute atomic E-state index is 0.202. The molecule has 0 saturated heterocycles. The fraction of sp³-hybridized carbons (Fsp3) is 0.364. The molecule has 1 unspecified atom stereocenters. The third-order valence-electron chi connectivity index (χ3n) is 2.93. The smallest absolute Gasteiger partial charge is 0.232 e. The first-order valence-corrected chi connectivity index (χ1v) is 5.28. The van der Waals surface area contributed by atoms with Gasteiger partial charge >= 0.3 is 0 Å². The minimum atomic E-state index is -0.848. The maximum Gasteiger partial charge on any atom is 0.232 e. The molecule has 4 nitrogen and oxygen atoms in total. The second-order valence-electron chi connectivity index (χ2n) is 4.42. The van der Waals surface area contributed by atoms with Gasteiger partial charge < -0.3 is 5.32 Å². The van der Waals surface area contributed by atoms with Crippen LogP contribution < -0.4 is 5.32 Å². The largest absolute Gasteiger partial charge is 0.325 e. The lowest BCUT2D eigenvalue weighted by molar-refractivity contribution is -0.125. The molecule has 1 amide bonds. The highest BCUT2D eigenvalue weighted by Crippen LogP contribution is 2.45. The standard InChI is InChI=1S/C11H11ClN2O2/c1-11(2)9(14-16)7-5-6(12)3-4-8(7)13-10(11)15/h3-5,9H,1-2H3,(H,13,15). The Balaban J connectivity index is 2.62. The van der Waals surface area contributed by atoms with Gasteiger partial charge in [-0.2, -0.15) is 4.91 Å². The molecule has 1 aromatic carbocycles. The average Bonchev–Trinajstić information content (AvgIpc) is 2.21. The van der Waals surface area contributed by atoms with Crippen LogP contribution in [0.2, 0.25) is 5.02 Å². The number of amides is 1. The number of nitroso groups, excluding NO2 is 1. The maximum atomic E-state index is 11.8. The summed E-state index contributed by atoms with van der Waals surface area (Å²) in [5.41, 5.74) is 0.435. The van der Waals surface area contributed by atoms with E-state index in [1.54, 1.807) is 32.0 Å². The summed E-state index contributed by atoms with van der Waals surface area (Å²) in [6, 6.07) is 4.32. The number of nitrogens with zero attached hydrogens (tertiary/aromatic N) is 1. The molecule has 2 rings (SSSR count). The van der Waals surface area contributed by atoms with Crippen molar-refractivity contribution in [2.75, 3.05) is 5.32 Å². The number of rotatable bonds is 1. The highest BCUT2D eigenvalue weighted by Gasteiger charge is 2.44. The van der Waals surface area contributed by atoms with Gasteiger partial charge in [0, 0.05) is 16.3 Å². The number of fused-ring (bicyclic) bond motifs is 1. The lowest BCUT2D eigenvalue weighted by Crippen LogP contribution is -2.39. The lowest BCUT2D eigenvalue weighted by Gasteiger charge is -2.34. The van der Waals surface area contributed by atoms with Crippen LogP contribution in [0.5, 0.6) is 0 Å². The van der Waals surface area contributed by atoms with Gasteiger partial charge in [-0.15, -0.1) is 0 Å². The summed E-state index contributed by atoms with van der Waals surface area (Å²) in [4.78, 5) is 22.7. The number of nitrogens with one attached hydrogen (secondary N) is 1. The number of halogens is 1. The van der Waals surface area contributed by atoms with Crippen molar-refractivity contribution < 1.29 is 4.79 Å². The first kappa shape index (κ1) is 11.1. The van der Waals surface area contributed by atoms with E-state index in [1.165, 1.54) is 0 Å². The second kappa shape index (κ2) is 3.56. The molecular formula is C11H11ClN2O2. The molecule has 0 bridgehead atoms. The Morgan fingerprint density at radius 2 is 2.12 bits per heavy atom. The number of hydrogen-bond donors (Lipinski definition) is 1. The molecule has 1 heterocycles. The number of benzene rings is 1. The van der Waals surface area contributed by atoms with Gasteiger partial charge in [-0.1, -0.05) is 16.8 Å². The van der Waals surface area contributed by atoms with Gasteiger partial charge in [-0.25, -0.2) is 0 Å². The third kappa shape index (κ3) is 1.50. The molecule has 1 aliphatic rings. The predicted octanol–water partition coefficient (Wildman–Crippen LogP) is 3.13. The van der Waals surface area contributed by atoms with Crippen LogP contribution in [0.3, 0.4) is 0 Å². The lowest BCUT2D eigenvalue weighted by atomic mass is 9.77. The summed E-state index contributed by atoms with van der Waals surface area (Å²) in [7, 11) is 0. The summed E-state index contributed by atoms with van der Waals surface area (Å²) in [6.07, 6.45) is 0. The van der Waals surface area contributed by atoms with E-state index in [2.05, 4.69) is 10.5 Å². The van der Waals surface area contributed by atoms with Gasteiger partial charge in [0.15, 0.2) is 0 Å². The Morgan fingerprint density at radius 1 is 1.44 bits per heavy atom. The highest BCUT2D eigenvalue weighted by molar-refractivity contribution is 6.30. The van der Waals surface area contributed by atoms with Crippen LogP contribution in [0.1, 0.15) is 25.5 Å². The Kier molecular flexibility index (Phi) is 2.46. The molecule has 1 N–H and O–H groups in total. The number of carbonyl (C=O) groups excluding carboxylic acids is 1. The van der Waals surface area contributed by atoms with Crippen LogP contribution in [0.25, 0.3) is 0 Å². The summed E-state index contributed by atoms with van der Waals surface area (Å²) in [5, 5.41) is 6.34. The van der Waals surface area contributed by atoms with Gasteiger partial charge in [0.25, 0.3) is 0 Å². The van der Waals surface area contributed by atoms with Gasteiger partial charge in [-0.3, -0.25) is 4.79 Å². The van der Waals surface area contributed by atoms with Crippen LogP contribution in [-0.4, -0.2) is 5.91 Å². The topological polar surface area (TPSA) is 58.5 Å². The molecule has 1 atom stereocenters. The summed E-state index contributed by atoms with van der Waals surface area (Å²) < 4.78 is 0. The van der Waals surface area contributed by atoms with Crippen LogP contribution in [0, 0.1) is 10.3 Å². The number of anilines is 1. The molecule has 0 fully saturated rings. The van der Waals surface area contributed by atoms with E-state index >= 15 is 0 Å². The van der Waals surface area contributed by atoms with Gasteiger partial charge in [0.05, 0.1) is 5.41 Å². The SMILES string of the molecule is CC1(C)C(=O)Nc2ccc(Cl)cc2C1N=O. The monoisotopic (exact) mass is 238 g/mol. The molecule has 0 radical (unpaired) electrons. The summed E-state index contributed by atoms with van der Waals surface area (Å²) in [5.74, 6) is -0.202. The van der Waals surface area contributed by atoms with Crippen LogP contribution >= 0.6 is 11.6 Å². The van der Waals surface area contributed by atoms with E-state index in [-0.39, 0.29) is 5.91 Å². The zero-order valence-electron chi connectivity index (χ0n) is 8.95. The van der Waals surface area contributed by atoms with Crippen molar-refractivity contribution in [1.29, 1.82) is 0 Å². The molecule has 84 valence electrons. The second-order valence-corrected chi connectivity index (χ2v) is 4.85. The van der Waals surface area contributed by atoms with E-state index in [0.717, 1.165) is 0 Å². The van der Waals surface area contributed by atoms with E-state index < -0.39 is 11.5 Å². The molecule has 16 heavy (non-hydrogen) atoms. The Labute approximate surface area is 98.0 Å². The Bertz CT molecular complexity index is 471. The van der Waals surface area contributed by atoms with Crippen molar-refractivity contribution in [3.63, 3.8) is 0 Å². The van der Waals surface area contributed by atoms with Crippen molar-refractivity contribution >= 4 is 23.2 Å². The molecule has 1 aliphatic heterocycles. The third-order valence-corrected chi connectivity index (χ3v) is 3.17. The first-order valence-electron chi connectivity index (χ1n) is 4.90. The molecular weight excluding hydrogens is 228 g/mol. The summed E-state index contributed by atoms with van der Waals surface area (Å²) in [6.45, 7) is 3.39. The van der Waals surface area contributed by atoms with Crippen LogP contribution in [0.15, 0.2) is 23.4 Å². The van der Waals surface area contributed by atoms with Gasteiger partial charge in [0.1, 0.15) is 6.04 Å². The number of carbonyl (C=O) groups is 1. The summed E-state index contributed by atoms with van der Waals surface area (Å²) >= 11 is 5.87. The fourth-order valence-electron chi connectivity index (χ4n) is 1.86. The Morgan fingerprint density at radius 3 is 2.75 bits per heavy atom. The quantitative estimate of drug-likeness (QED) is 0.764. The highest BCUT2D eigenvalue weighted by atomic mass is 35.5. The van der Waals surface area contributed by atoms with Crippen molar-refractivity contribution in [2.24, 2.45) is 10.6 Å². The van der Waals surface area contributed by atoms with Crippen molar-refractivity contribution in [3.05, 3.63) is 33.7 Å². The van der Waals surface area contributed by atoms with Crippen molar-refractivity contribution in [3.8, 4) is 0 Å². The average molecular weight is 239 g/mol. The molecule has 1 aromatic rings. The molecule has 0 saturated carbocycles. The van der Waals surface area contributed by atoms with Crippen molar-refractivity contribution in [1.82, 2.24) is 0 Å². The van der Waals surface area contributed by atoms with Gasteiger partial charge in [-0.05, 0) is 32.0 Å². The zero-order valence-corrected chi connectivity index (χ0v) is 9.71. The number of hydrogen-bond acceptors (Lipinski definition) is 3. The predicted molar refractivity (Wildman–Crippen MR) is 62.4 cm³/mol. The fourth-order valence-corrected chi connectivity index (χ4v) is 2.04. The maximum absolute atomic E-state index is 11.8. The van der Waals surface area contributed by atoms with Gasteiger partial charge in [0.2, 0.25) is 5.91 Å². The molecule has 0 aromatic heterocycles. The molecule has 5 heteroatoms. The molecule has 0 aliphatic carbocycles. The van der Waals surface area contributed by atoms with E-state index in [1.807, 2.05) is 0 Å². The normalized spacial score (nSPS) is 22.2. The minimum Gasteiger partial charge on any atom is -0.325 e. The first-order chi connectivity index (χ1) is 7.46. The van der Waals surface area contributed by atoms with Crippen molar-refractivity contribution in [2.45, 2.75) is 19.9 Å². The Hall–Kier alpha value is -1.42. The van der Waals surface area contributed by atoms with E-state index in [0.29, 0.717) is 16.3 Å². The molecule has 0 spiro atoms.